The topological polar surface area (TPSA) is 29.8 Å². The summed E-state index contributed by atoms with van der Waals surface area (Å²) in [5, 5.41) is 0. The first-order valence-corrected chi connectivity index (χ1v) is 6.96. The molecule has 1 unspecified atom stereocenters. The van der Waals surface area contributed by atoms with Crippen LogP contribution in [0.5, 0.6) is 5.88 Å². The lowest BCUT2D eigenvalue weighted by molar-refractivity contribution is 0.207. The van der Waals surface area contributed by atoms with Crippen molar-refractivity contribution in [2.45, 2.75) is 19.3 Å². The van der Waals surface area contributed by atoms with Crippen LogP contribution in [-0.2, 0) is 6.42 Å². The van der Waals surface area contributed by atoms with Gasteiger partial charge in [-0.25, -0.2) is 4.98 Å². The van der Waals surface area contributed by atoms with Gasteiger partial charge in [-0.2, -0.15) is 0 Å². The number of piperidine rings is 1. The molecule has 1 saturated heterocycles. The Bertz CT molecular complexity index is 564. The molecule has 1 fully saturated rings. The number of nitrogens with zero attached hydrogens (tertiary/aromatic N) is 3. The van der Waals surface area contributed by atoms with Crippen molar-refractivity contribution in [2.75, 3.05) is 27.2 Å². The van der Waals surface area contributed by atoms with E-state index < -0.39 is 0 Å². The SMILES string of the molecule is COc1cccc2cnc(CC3CCCN(C)C3)n12. The molecule has 0 amide bonds. The predicted molar refractivity (Wildman–Crippen MR) is 75.7 cm³/mol. The van der Waals surface area contributed by atoms with Gasteiger partial charge in [0, 0.05) is 13.0 Å². The number of pyridine rings is 1. The molecule has 3 rings (SSSR count). The molecule has 1 aliphatic heterocycles. The lowest BCUT2D eigenvalue weighted by Gasteiger charge is -2.29. The molecule has 0 N–H and O–H groups in total. The second-order valence-electron chi connectivity index (χ2n) is 5.48. The van der Waals surface area contributed by atoms with Gasteiger partial charge in [-0.3, -0.25) is 4.40 Å². The van der Waals surface area contributed by atoms with Crippen molar-refractivity contribution in [2.24, 2.45) is 5.92 Å². The van der Waals surface area contributed by atoms with Crippen molar-refractivity contribution >= 4 is 5.52 Å². The zero-order valence-electron chi connectivity index (χ0n) is 11.7. The van der Waals surface area contributed by atoms with Crippen LogP contribution in [0.3, 0.4) is 0 Å². The summed E-state index contributed by atoms with van der Waals surface area (Å²) >= 11 is 0. The van der Waals surface area contributed by atoms with Crippen LogP contribution >= 0.6 is 0 Å². The predicted octanol–water partition coefficient (Wildman–Crippen LogP) is 2.23. The molecule has 4 nitrogen and oxygen atoms in total. The van der Waals surface area contributed by atoms with Gasteiger partial charge in [-0.15, -0.1) is 0 Å². The first-order chi connectivity index (χ1) is 9.28. The number of imidazole rings is 1. The molecule has 4 heteroatoms. The third-order valence-corrected chi connectivity index (χ3v) is 3.99. The quantitative estimate of drug-likeness (QED) is 0.846. The molecule has 0 radical (unpaired) electrons. The van der Waals surface area contributed by atoms with Gasteiger partial charge in [0.05, 0.1) is 18.8 Å². The Kier molecular flexibility index (Phi) is 3.42. The molecule has 19 heavy (non-hydrogen) atoms. The van der Waals surface area contributed by atoms with Crippen LogP contribution in [0.4, 0.5) is 0 Å². The average Bonchev–Trinajstić information content (AvgIpc) is 2.82. The van der Waals surface area contributed by atoms with E-state index >= 15 is 0 Å². The third kappa shape index (κ3) is 2.45. The van der Waals surface area contributed by atoms with Crippen molar-refractivity contribution < 1.29 is 4.74 Å². The molecule has 0 aromatic carbocycles. The molecule has 0 aliphatic carbocycles. The molecular weight excluding hydrogens is 238 g/mol. The second-order valence-corrected chi connectivity index (χ2v) is 5.48. The minimum Gasteiger partial charge on any atom is -0.482 e. The minimum absolute atomic E-state index is 0.703. The molecule has 0 saturated carbocycles. The van der Waals surface area contributed by atoms with Crippen LogP contribution in [0, 0.1) is 5.92 Å². The number of aromatic nitrogens is 2. The zero-order chi connectivity index (χ0) is 13.2. The fourth-order valence-corrected chi connectivity index (χ4v) is 3.08. The number of methoxy groups -OCH3 is 1. The third-order valence-electron chi connectivity index (χ3n) is 3.99. The highest BCUT2D eigenvalue weighted by Crippen LogP contribution is 2.23. The minimum atomic E-state index is 0.703. The van der Waals surface area contributed by atoms with E-state index in [0.717, 1.165) is 23.6 Å². The van der Waals surface area contributed by atoms with Crippen molar-refractivity contribution in [3.05, 3.63) is 30.2 Å². The van der Waals surface area contributed by atoms with Gasteiger partial charge >= 0.3 is 0 Å². The molecule has 2 aromatic rings. The van der Waals surface area contributed by atoms with Gasteiger partial charge in [-0.05, 0) is 44.5 Å². The number of hydrogen-bond acceptors (Lipinski definition) is 3. The summed E-state index contributed by atoms with van der Waals surface area (Å²) in [7, 11) is 3.92. The van der Waals surface area contributed by atoms with E-state index in [4.69, 9.17) is 4.74 Å². The Balaban J connectivity index is 1.88. The van der Waals surface area contributed by atoms with E-state index in [-0.39, 0.29) is 0 Å². The second kappa shape index (κ2) is 5.21. The fourth-order valence-electron chi connectivity index (χ4n) is 3.08. The van der Waals surface area contributed by atoms with Gasteiger partial charge in [0.15, 0.2) is 5.88 Å². The molecule has 1 atom stereocenters. The fraction of sp³-hybridized carbons (Fsp3) is 0.533. The Hall–Kier alpha value is -1.55. The standard InChI is InChI=1S/C15H21N3O/c1-17-8-4-5-12(11-17)9-14-16-10-13-6-3-7-15(19-2)18(13)14/h3,6-7,10,12H,4-5,8-9,11H2,1-2H3. The first-order valence-electron chi connectivity index (χ1n) is 6.96. The van der Waals surface area contributed by atoms with Gasteiger partial charge in [-0.1, -0.05) is 6.07 Å². The first kappa shape index (κ1) is 12.5. The molecule has 2 aromatic heterocycles. The number of rotatable bonds is 3. The normalized spacial score (nSPS) is 20.8. The monoisotopic (exact) mass is 259 g/mol. The smallest absolute Gasteiger partial charge is 0.199 e. The lowest BCUT2D eigenvalue weighted by Crippen LogP contribution is -2.33. The van der Waals surface area contributed by atoms with E-state index in [0.29, 0.717) is 5.92 Å². The van der Waals surface area contributed by atoms with E-state index in [9.17, 15) is 0 Å². The van der Waals surface area contributed by atoms with Gasteiger partial charge < -0.3 is 9.64 Å². The average molecular weight is 259 g/mol. The summed E-state index contributed by atoms with van der Waals surface area (Å²) in [5.74, 6) is 2.69. The summed E-state index contributed by atoms with van der Waals surface area (Å²) in [5.41, 5.74) is 1.11. The highest BCUT2D eigenvalue weighted by Gasteiger charge is 2.20. The van der Waals surface area contributed by atoms with Gasteiger partial charge in [0.2, 0.25) is 0 Å². The number of ether oxygens (including phenoxy) is 1. The van der Waals surface area contributed by atoms with Crippen molar-refractivity contribution in [1.29, 1.82) is 0 Å². The van der Waals surface area contributed by atoms with Crippen molar-refractivity contribution in [3.63, 3.8) is 0 Å². The van der Waals surface area contributed by atoms with Crippen LogP contribution in [0.15, 0.2) is 24.4 Å². The van der Waals surface area contributed by atoms with Crippen LogP contribution in [0.2, 0.25) is 0 Å². The van der Waals surface area contributed by atoms with Gasteiger partial charge in [0.25, 0.3) is 0 Å². The lowest BCUT2D eigenvalue weighted by atomic mass is 9.95. The Morgan fingerprint density at radius 3 is 3.11 bits per heavy atom. The number of likely N-dealkylation sites (tertiary alicyclic amines) is 1. The van der Waals surface area contributed by atoms with Crippen molar-refractivity contribution in [1.82, 2.24) is 14.3 Å². The molecule has 3 heterocycles. The Morgan fingerprint density at radius 2 is 2.32 bits per heavy atom. The van der Waals surface area contributed by atoms with E-state index in [1.165, 1.54) is 25.9 Å². The summed E-state index contributed by atoms with van der Waals surface area (Å²) in [6.45, 7) is 2.40. The van der Waals surface area contributed by atoms with Crippen LogP contribution in [-0.4, -0.2) is 41.5 Å². The van der Waals surface area contributed by atoms with Crippen LogP contribution in [0.25, 0.3) is 5.52 Å². The maximum atomic E-state index is 5.45. The molecular formula is C15H21N3O. The maximum Gasteiger partial charge on any atom is 0.199 e. The van der Waals surface area contributed by atoms with Gasteiger partial charge in [0.1, 0.15) is 5.82 Å². The van der Waals surface area contributed by atoms with Crippen LogP contribution in [0.1, 0.15) is 18.7 Å². The Morgan fingerprint density at radius 1 is 1.42 bits per heavy atom. The number of hydrogen-bond donors (Lipinski definition) is 0. The summed E-state index contributed by atoms with van der Waals surface area (Å²) in [4.78, 5) is 7.01. The van der Waals surface area contributed by atoms with E-state index in [1.54, 1.807) is 7.11 Å². The maximum absolute atomic E-state index is 5.45. The summed E-state index contributed by atoms with van der Waals surface area (Å²) < 4.78 is 7.58. The highest BCUT2D eigenvalue weighted by molar-refractivity contribution is 5.49. The zero-order valence-corrected chi connectivity index (χ0v) is 11.7. The van der Waals surface area contributed by atoms with E-state index in [1.807, 2.05) is 18.3 Å². The molecule has 102 valence electrons. The molecule has 1 aliphatic rings. The largest absolute Gasteiger partial charge is 0.482 e. The molecule has 0 spiro atoms. The summed E-state index contributed by atoms with van der Waals surface area (Å²) in [6, 6.07) is 6.07. The summed E-state index contributed by atoms with van der Waals surface area (Å²) in [6.07, 6.45) is 5.55. The van der Waals surface area contributed by atoms with Crippen LogP contribution < -0.4 is 4.74 Å². The number of fused-ring (bicyclic) bond motifs is 1. The Labute approximate surface area is 114 Å². The van der Waals surface area contributed by atoms with Crippen molar-refractivity contribution in [3.8, 4) is 5.88 Å². The van der Waals surface area contributed by atoms with E-state index in [2.05, 4.69) is 27.4 Å². The molecule has 0 bridgehead atoms. The highest BCUT2D eigenvalue weighted by atomic mass is 16.5.